The first-order valence-corrected chi connectivity index (χ1v) is 41.0. The number of allylic oxidation sites excluding steroid dienone is 2. The number of unbranched alkanes of at least 4 members (excludes halogenated alkanes) is 5. The van der Waals surface area contributed by atoms with Crippen LogP contribution in [0.25, 0.3) is 0 Å². The highest BCUT2D eigenvalue weighted by Crippen LogP contribution is 2.35. The Kier molecular flexibility index (Phi) is 58.7. The van der Waals surface area contributed by atoms with Crippen molar-refractivity contribution in [3.05, 3.63) is 25.3 Å². The fourth-order valence-corrected chi connectivity index (χ4v) is 12.6. The average Bonchev–Trinajstić information content (AvgIpc) is 1.71. The topological polar surface area (TPSA) is 680 Å². The Bertz CT molecular complexity index is 3720. The Balaban J connectivity index is 0.00000161. The first kappa shape index (κ1) is 121. The summed E-state index contributed by atoms with van der Waals surface area (Å²) in [5.74, 6) is -10.3. The summed E-state index contributed by atoms with van der Waals surface area (Å²) in [6.07, 6.45) is -12.4. The highest BCUT2D eigenvalue weighted by atomic mass is 35.5. The first-order chi connectivity index (χ1) is 60.9. The van der Waals surface area contributed by atoms with Crippen molar-refractivity contribution < 1.29 is 212 Å². The standard InChI is InChI=1S/C20H31NO9.C19H29NO11.C16H23NO10.C14H19NO8.C6H13NO5.C6H12O.ClH/c1-6-7-8-9-10-26-20-17(21-12(2)22)19(29-15(5)25)18(28-14(4)24)16(30-20)11-27-13(3)23;1-10(21)20-16-18(30-13(4)24)17(29-12(3)23)14(9-28-11(2)22)31-19(16)27-8-6-5-7-15(25)26;1-7(18)17-13-15(25-10(4)21)14(24-9(3)20)12(6-23-8(2)19)27-16(13)26-11(5)22;1-6-15-11-13(22-9(4)18)12(21-8(3)17)10(5-19-7(2)16)23-14(11)20-6;7-3-5(10)4(9)2(1-8)12-6(3)11;1-2-3-4-5-6-7;/h6,16-20H,1,7-11H2,2-5H3,(H,21,22);14,16-19H,5-9H2,1-4H3,(H,20,21)(H,25,26);12-16H,6H2,1-5H3,(H,17,18);10-14H,5H2,1-4H3;2-6,8-11H,1,7H2;2,7H,1,3-6H2;1H/t16?,17?,18-,19+,20+;14?,16?,17-,18+,19+;12?,13?,14-,15+,16?;10?,11?,12-,13+,14+;2?,3?,4-,5+,6?;;/m00000../s1. The van der Waals surface area contributed by atoms with E-state index in [4.69, 9.17) is 126 Å². The number of aliphatic hydroxyl groups is 5. The molecule has 0 radical (unpaired) electrons. The molecule has 49 nitrogen and oxygen atoms in total. The molecule has 0 saturated carbocycles. The first-order valence-electron chi connectivity index (χ1n) is 41.0. The third-order valence-electron chi connectivity index (χ3n) is 17.7. The number of aliphatic carboxylic acids is 1. The van der Waals surface area contributed by atoms with Crippen LogP contribution in [0.15, 0.2) is 30.3 Å². The molecule has 6 aliphatic heterocycles. The molecule has 131 heavy (non-hydrogen) atoms. The van der Waals surface area contributed by atoms with E-state index in [2.05, 4.69) is 34.1 Å². The van der Waals surface area contributed by atoms with Crippen molar-refractivity contribution in [2.75, 3.05) is 52.9 Å². The third kappa shape index (κ3) is 47.6. The van der Waals surface area contributed by atoms with Gasteiger partial charge in [0.25, 0.3) is 0 Å². The maximum absolute atomic E-state index is 11.8. The second-order valence-electron chi connectivity index (χ2n) is 29.2. The van der Waals surface area contributed by atoms with E-state index in [-0.39, 0.29) is 51.9 Å². The molecule has 3 amide bonds. The number of carboxylic acids is 1. The predicted molar refractivity (Wildman–Crippen MR) is 442 cm³/mol. The lowest BCUT2D eigenvalue weighted by Gasteiger charge is -2.44. The number of amides is 3. The Morgan fingerprint density at radius 1 is 0.389 bits per heavy atom. The van der Waals surface area contributed by atoms with Gasteiger partial charge in [-0.1, -0.05) is 12.2 Å². The van der Waals surface area contributed by atoms with Crippen molar-refractivity contribution in [1.29, 1.82) is 0 Å². The van der Waals surface area contributed by atoms with Crippen LogP contribution in [0.4, 0.5) is 0 Å². The molecule has 0 aromatic rings. The van der Waals surface area contributed by atoms with E-state index in [1.54, 1.807) is 13.0 Å². The molecule has 0 aliphatic carbocycles. The number of carboxylic acid groups (broad SMARTS) is 1. The van der Waals surface area contributed by atoms with Gasteiger partial charge in [-0.15, -0.1) is 25.6 Å². The Morgan fingerprint density at radius 2 is 0.695 bits per heavy atom. The second kappa shape index (κ2) is 63.7. The molecule has 6 heterocycles. The second-order valence-corrected chi connectivity index (χ2v) is 29.2. The molecular weight excluding hydrogens is 1780 g/mol. The number of halogens is 1. The van der Waals surface area contributed by atoms with Crippen LogP contribution in [0.1, 0.15) is 175 Å². The van der Waals surface area contributed by atoms with Crippen LogP contribution in [0, 0.1) is 0 Å². The van der Waals surface area contributed by atoms with Gasteiger partial charge in [-0.3, -0.25) is 81.5 Å². The summed E-state index contributed by atoms with van der Waals surface area (Å²) in [6, 6.07) is -4.84. The normalized spacial score (nSPS) is 28.1. The van der Waals surface area contributed by atoms with Crippen molar-refractivity contribution in [2.24, 2.45) is 10.7 Å². The fourth-order valence-electron chi connectivity index (χ4n) is 12.6. The molecule has 12 unspecified atom stereocenters. The molecule has 0 aromatic heterocycles. The van der Waals surface area contributed by atoms with Crippen LogP contribution >= 0.6 is 12.4 Å². The number of hydrogen-bond acceptors (Lipinski definition) is 45. The summed E-state index contributed by atoms with van der Waals surface area (Å²) in [7, 11) is 0. The average molecular weight is 1910 g/mol. The van der Waals surface area contributed by atoms with Gasteiger partial charge in [-0.05, 0) is 51.4 Å². The van der Waals surface area contributed by atoms with E-state index in [9.17, 15) is 91.7 Å². The van der Waals surface area contributed by atoms with Crippen LogP contribution in [0.2, 0.25) is 0 Å². The summed E-state index contributed by atoms with van der Waals surface area (Å²) in [6.45, 7) is 27.0. The molecule has 11 N–H and O–H groups in total. The molecule has 6 rings (SSSR count). The van der Waals surface area contributed by atoms with Gasteiger partial charge in [0.15, 0.2) is 79.6 Å². The van der Waals surface area contributed by atoms with E-state index in [0.717, 1.165) is 73.6 Å². The van der Waals surface area contributed by atoms with Crippen molar-refractivity contribution in [2.45, 2.75) is 329 Å². The van der Waals surface area contributed by atoms with Gasteiger partial charge in [0.1, 0.15) is 87.3 Å². The number of nitrogens with zero attached hydrogens (tertiary/aromatic N) is 1. The lowest BCUT2D eigenvalue weighted by molar-refractivity contribution is -0.277. The summed E-state index contributed by atoms with van der Waals surface area (Å²) >= 11 is 0. The maximum atomic E-state index is 11.8. The van der Waals surface area contributed by atoms with E-state index in [1.165, 1.54) is 69.2 Å². The van der Waals surface area contributed by atoms with Crippen molar-refractivity contribution >= 4 is 120 Å². The SMILES string of the molecule is C=CCCCCO.C=CCCCCO[C@@H]1OC(COC(C)=O)[C@H](OC(C)=O)[C@H](OC(C)=O)C1NC(C)=O.CC(=O)NC1C(OC(C)=O)OC(COC(C)=O)[C@H](OC(C)=O)[C@@H]1OC(C)=O.CC(=O)NC1[C@H](OCCCCC(=O)O)OC(COC(C)=O)[C@H](OC(C)=O)[C@@H]1OC(C)=O.CC(=O)OCC1O[C@H]2OC(C)=NC2[C@@H](OC(C)=O)[C@H]1OC(C)=O.Cl.NC1C(O)OC(CO)[C@H](O)[C@@H]1O. The number of carbonyl (C=O) groups is 17. The summed E-state index contributed by atoms with van der Waals surface area (Å²) < 4.78 is 112. The molecule has 0 spiro atoms. The van der Waals surface area contributed by atoms with Gasteiger partial charge in [-0.25, -0.2) is 4.99 Å². The summed E-state index contributed by atoms with van der Waals surface area (Å²) in [4.78, 5) is 199. The smallest absolute Gasteiger partial charge is 0.305 e. The van der Waals surface area contributed by atoms with Crippen molar-refractivity contribution in [1.82, 2.24) is 16.0 Å². The molecule has 748 valence electrons. The predicted octanol–water partition coefficient (Wildman–Crippen LogP) is -1.41. The molecule has 50 heteroatoms. The molecule has 0 bridgehead atoms. The van der Waals surface area contributed by atoms with Crippen LogP contribution in [0.5, 0.6) is 0 Å². The largest absolute Gasteiger partial charge is 0.481 e. The van der Waals surface area contributed by atoms with Crippen LogP contribution in [-0.4, -0.2) is 344 Å². The van der Waals surface area contributed by atoms with Gasteiger partial charge in [0, 0.05) is 144 Å². The molecule has 0 aromatic carbocycles. The van der Waals surface area contributed by atoms with Crippen LogP contribution < -0.4 is 21.7 Å². The minimum Gasteiger partial charge on any atom is -0.481 e. The number of carbonyl (C=O) groups excluding carboxylic acids is 16. The zero-order valence-corrected chi connectivity index (χ0v) is 77.0. The third-order valence-corrected chi connectivity index (χ3v) is 17.7. The number of aliphatic imine (C=N–C) groups is 1. The number of esters is 13. The van der Waals surface area contributed by atoms with Gasteiger partial charge in [0.05, 0.1) is 12.6 Å². The highest BCUT2D eigenvalue weighted by Gasteiger charge is 2.57. The minimum absolute atomic E-state index is 0. The maximum Gasteiger partial charge on any atom is 0.305 e. The van der Waals surface area contributed by atoms with Crippen LogP contribution in [-0.2, 0) is 181 Å². The number of fused-ring (bicyclic) bond motifs is 1. The van der Waals surface area contributed by atoms with Gasteiger partial charge in [-0.2, -0.15) is 0 Å². The number of hydrogen-bond donors (Lipinski definition) is 10. The number of aliphatic hydroxyl groups excluding tert-OH is 5. The van der Waals surface area contributed by atoms with E-state index < -0.39 is 261 Å². The van der Waals surface area contributed by atoms with Crippen molar-refractivity contribution in [3.63, 3.8) is 0 Å². The van der Waals surface area contributed by atoms with Gasteiger partial charge in [0.2, 0.25) is 30.3 Å². The Labute approximate surface area is 761 Å². The van der Waals surface area contributed by atoms with E-state index in [1.807, 2.05) is 6.08 Å². The van der Waals surface area contributed by atoms with E-state index >= 15 is 0 Å². The Hall–Kier alpha value is -10.3. The summed E-state index contributed by atoms with van der Waals surface area (Å²) in [5.41, 5.74) is 5.26. The minimum atomic E-state index is -1.37. The monoisotopic (exact) mass is 1910 g/mol. The van der Waals surface area contributed by atoms with Crippen LogP contribution in [0.3, 0.4) is 0 Å². The zero-order valence-electron chi connectivity index (χ0n) is 76.2. The molecule has 25 atom stereocenters. The summed E-state index contributed by atoms with van der Waals surface area (Å²) in [5, 5.41) is 60.7. The number of nitrogens with one attached hydrogen (secondary N) is 3. The quantitative estimate of drug-likeness (QED) is 0.0148. The van der Waals surface area contributed by atoms with Crippen molar-refractivity contribution in [3.8, 4) is 0 Å². The number of ether oxygens (including phenoxy) is 21. The zero-order chi connectivity index (χ0) is 98.9. The molecular formula is C81H128ClN5O44. The number of rotatable bonds is 37. The lowest BCUT2D eigenvalue weighted by atomic mass is 9.96. The van der Waals surface area contributed by atoms with Gasteiger partial charge < -0.3 is 152 Å². The lowest BCUT2D eigenvalue weighted by Crippen LogP contribution is -2.66. The highest BCUT2D eigenvalue weighted by molar-refractivity contribution is 5.85. The number of nitrogens with two attached hydrogens (primary N) is 1. The molecule has 5 saturated heterocycles. The molecule has 6 aliphatic rings. The van der Waals surface area contributed by atoms with Gasteiger partial charge >= 0.3 is 83.6 Å². The fraction of sp³-hybridized carbons (Fsp3) is 0.728. The molecule has 5 fully saturated rings. The Morgan fingerprint density at radius 3 is 1.01 bits per heavy atom. The van der Waals surface area contributed by atoms with E-state index in [0.29, 0.717) is 38.4 Å².